The average molecular weight is 269 g/mol. The monoisotopic (exact) mass is 269 g/mol. The summed E-state index contributed by atoms with van der Waals surface area (Å²) in [6.45, 7) is 9.29. The molecule has 1 saturated carbocycles. The van der Waals surface area contributed by atoms with E-state index in [0.717, 1.165) is 11.8 Å². The SMILES string of the molecule is CC1CCCC(c2c[nH]c3ccc(C(C)(C)C)cc23)C1. The van der Waals surface area contributed by atoms with Crippen molar-refractivity contribution in [3.63, 3.8) is 0 Å². The average Bonchev–Trinajstić information content (AvgIpc) is 2.80. The Morgan fingerprint density at radius 2 is 1.95 bits per heavy atom. The van der Waals surface area contributed by atoms with Gasteiger partial charge in [-0.25, -0.2) is 0 Å². The second-order valence-electron chi connectivity index (χ2n) is 7.72. The molecular weight excluding hydrogens is 242 g/mol. The van der Waals surface area contributed by atoms with E-state index in [0.29, 0.717) is 0 Å². The van der Waals surface area contributed by atoms with Crippen LogP contribution in [0.3, 0.4) is 0 Å². The van der Waals surface area contributed by atoms with Gasteiger partial charge in [-0.1, -0.05) is 46.6 Å². The van der Waals surface area contributed by atoms with Crippen LogP contribution in [-0.2, 0) is 5.41 Å². The molecule has 1 aliphatic carbocycles. The zero-order valence-electron chi connectivity index (χ0n) is 13.3. The molecule has 0 bridgehead atoms. The molecule has 1 aromatic heterocycles. The van der Waals surface area contributed by atoms with Crippen LogP contribution in [0.2, 0.25) is 0 Å². The number of H-pyrrole nitrogens is 1. The highest BCUT2D eigenvalue weighted by molar-refractivity contribution is 5.84. The van der Waals surface area contributed by atoms with Crippen LogP contribution in [0.5, 0.6) is 0 Å². The molecule has 2 atom stereocenters. The third-order valence-corrected chi connectivity index (χ3v) is 4.96. The Kier molecular flexibility index (Phi) is 3.40. The van der Waals surface area contributed by atoms with E-state index in [4.69, 9.17) is 0 Å². The van der Waals surface area contributed by atoms with Gasteiger partial charge in [-0.3, -0.25) is 0 Å². The normalized spacial score (nSPS) is 24.2. The highest BCUT2D eigenvalue weighted by Crippen LogP contribution is 2.39. The molecular formula is C19H27N. The van der Waals surface area contributed by atoms with Gasteiger partial charge >= 0.3 is 0 Å². The number of aromatic amines is 1. The molecule has 1 aromatic carbocycles. The molecule has 1 heteroatoms. The van der Waals surface area contributed by atoms with Crippen molar-refractivity contribution in [1.82, 2.24) is 4.98 Å². The van der Waals surface area contributed by atoms with E-state index >= 15 is 0 Å². The largest absolute Gasteiger partial charge is 0.361 e. The highest BCUT2D eigenvalue weighted by Gasteiger charge is 2.23. The number of rotatable bonds is 1. The molecule has 108 valence electrons. The fourth-order valence-electron chi connectivity index (χ4n) is 3.66. The van der Waals surface area contributed by atoms with Gasteiger partial charge < -0.3 is 4.98 Å². The third-order valence-electron chi connectivity index (χ3n) is 4.96. The van der Waals surface area contributed by atoms with Gasteiger partial charge in [0.2, 0.25) is 0 Å². The maximum atomic E-state index is 3.48. The van der Waals surface area contributed by atoms with Gasteiger partial charge in [-0.05, 0) is 53.4 Å². The lowest BCUT2D eigenvalue weighted by atomic mass is 9.78. The van der Waals surface area contributed by atoms with Crippen LogP contribution in [0.1, 0.15) is 70.4 Å². The number of aromatic nitrogens is 1. The minimum Gasteiger partial charge on any atom is -0.361 e. The van der Waals surface area contributed by atoms with Gasteiger partial charge in [0, 0.05) is 17.1 Å². The molecule has 1 aliphatic rings. The summed E-state index contributed by atoms with van der Waals surface area (Å²) >= 11 is 0. The maximum Gasteiger partial charge on any atom is 0.0457 e. The first-order valence-electron chi connectivity index (χ1n) is 8.06. The van der Waals surface area contributed by atoms with Crippen molar-refractivity contribution in [1.29, 1.82) is 0 Å². The van der Waals surface area contributed by atoms with E-state index in [1.807, 2.05) is 0 Å². The van der Waals surface area contributed by atoms with E-state index in [2.05, 4.69) is 57.1 Å². The molecule has 0 saturated heterocycles. The molecule has 1 nitrogen and oxygen atoms in total. The Balaban J connectivity index is 2.03. The molecule has 0 radical (unpaired) electrons. The molecule has 3 rings (SSSR count). The molecule has 1 fully saturated rings. The molecule has 2 unspecified atom stereocenters. The minimum atomic E-state index is 0.225. The summed E-state index contributed by atoms with van der Waals surface area (Å²) in [5.74, 6) is 1.63. The molecule has 0 amide bonds. The lowest BCUT2D eigenvalue weighted by Gasteiger charge is -2.27. The van der Waals surface area contributed by atoms with Gasteiger partial charge in [0.25, 0.3) is 0 Å². The second kappa shape index (κ2) is 4.95. The van der Waals surface area contributed by atoms with Gasteiger partial charge in [0.15, 0.2) is 0 Å². The summed E-state index contributed by atoms with van der Waals surface area (Å²) in [6.07, 6.45) is 7.77. The van der Waals surface area contributed by atoms with Gasteiger partial charge in [0.1, 0.15) is 0 Å². The van der Waals surface area contributed by atoms with Crippen molar-refractivity contribution in [2.24, 2.45) is 5.92 Å². The molecule has 1 N–H and O–H groups in total. The number of fused-ring (bicyclic) bond motifs is 1. The highest BCUT2D eigenvalue weighted by atomic mass is 14.7. The predicted molar refractivity (Wildman–Crippen MR) is 87.4 cm³/mol. The number of nitrogens with one attached hydrogen (secondary N) is 1. The minimum absolute atomic E-state index is 0.225. The lowest BCUT2D eigenvalue weighted by Crippen LogP contribution is -2.12. The Morgan fingerprint density at radius 1 is 1.15 bits per heavy atom. The quantitative estimate of drug-likeness (QED) is 0.677. The van der Waals surface area contributed by atoms with E-state index in [-0.39, 0.29) is 5.41 Å². The van der Waals surface area contributed by atoms with Crippen molar-refractivity contribution < 1.29 is 0 Å². The molecule has 2 aromatic rings. The second-order valence-corrected chi connectivity index (χ2v) is 7.72. The topological polar surface area (TPSA) is 15.8 Å². The van der Waals surface area contributed by atoms with Crippen molar-refractivity contribution in [2.75, 3.05) is 0 Å². The first-order valence-corrected chi connectivity index (χ1v) is 8.06. The van der Waals surface area contributed by atoms with Crippen molar-refractivity contribution in [3.8, 4) is 0 Å². The molecule has 0 aliphatic heterocycles. The summed E-state index contributed by atoms with van der Waals surface area (Å²) in [4.78, 5) is 3.48. The van der Waals surface area contributed by atoms with Crippen LogP contribution in [0, 0.1) is 5.92 Å². The van der Waals surface area contributed by atoms with Crippen molar-refractivity contribution in [3.05, 3.63) is 35.5 Å². The predicted octanol–water partition coefficient (Wildman–Crippen LogP) is 5.76. The number of benzene rings is 1. The fourth-order valence-corrected chi connectivity index (χ4v) is 3.66. The van der Waals surface area contributed by atoms with Gasteiger partial charge in [0.05, 0.1) is 0 Å². The van der Waals surface area contributed by atoms with Crippen molar-refractivity contribution >= 4 is 10.9 Å². The molecule has 0 spiro atoms. The Morgan fingerprint density at radius 3 is 2.65 bits per heavy atom. The number of hydrogen-bond donors (Lipinski definition) is 1. The van der Waals surface area contributed by atoms with Crippen LogP contribution in [0.15, 0.2) is 24.4 Å². The van der Waals surface area contributed by atoms with Gasteiger partial charge in [-0.2, -0.15) is 0 Å². The first kappa shape index (κ1) is 13.7. The van der Waals surface area contributed by atoms with Crippen LogP contribution in [0.4, 0.5) is 0 Å². The third kappa shape index (κ3) is 2.51. The maximum absolute atomic E-state index is 3.48. The summed E-state index contributed by atoms with van der Waals surface area (Å²) in [6, 6.07) is 6.94. The Labute approximate surface area is 122 Å². The standard InChI is InChI=1S/C19H27N/c1-13-6-5-7-14(10-13)17-12-20-18-9-8-15(11-16(17)18)19(2,3)4/h8-9,11-14,20H,5-7,10H2,1-4H3. The molecule has 20 heavy (non-hydrogen) atoms. The summed E-state index contributed by atoms with van der Waals surface area (Å²) in [7, 11) is 0. The Bertz CT molecular complexity index is 600. The number of hydrogen-bond acceptors (Lipinski definition) is 0. The summed E-state index contributed by atoms with van der Waals surface area (Å²) < 4.78 is 0. The molecule has 1 heterocycles. The smallest absolute Gasteiger partial charge is 0.0457 e. The van der Waals surface area contributed by atoms with E-state index in [9.17, 15) is 0 Å². The zero-order valence-corrected chi connectivity index (χ0v) is 13.3. The first-order chi connectivity index (χ1) is 9.45. The van der Waals surface area contributed by atoms with E-state index in [1.165, 1.54) is 42.1 Å². The van der Waals surface area contributed by atoms with Crippen molar-refractivity contribution in [2.45, 2.75) is 64.7 Å². The fraction of sp³-hybridized carbons (Fsp3) is 0.579. The van der Waals surface area contributed by atoms with E-state index < -0.39 is 0 Å². The van der Waals surface area contributed by atoms with E-state index in [1.54, 1.807) is 5.56 Å². The Hall–Kier alpha value is -1.24. The van der Waals surface area contributed by atoms with Gasteiger partial charge in [-0.15, -0.1) is 0 Å². The van der Waals surface area contributed by atoms with Crippen LogP contribution >= 0.6 is 0 Å². The van der Waals surface area contributed by atoms with Crippen LogP contribution in [0.25, 0.3) is 10.9 Å². The summed E-state index contributed by atoms with van der Waals surface area (Å²) in [5.41, 5.74) is 4.52. The van der Waals surface area contributed by atoms with Crippen LogP contribution < -0.4 is 0 Å². The zero-order chi connectivity index (χ0) is 14.3. The lowest BCUT2D eigenvalue weighted by molar-refractivity contribution is 0.345. The van der Waals surface area contributed by atoms with Crippen LogP contribution in [-0.4, -0.2) is 4.98 Å². The summed E-state index contributed by atoms with van der Waals surface area (Å²) in [5, 5.41) is 1.46.